The van der Waals surface area contributed by atoms with E-state index in [2.05, 4.69) is 14.9 Å². The Morgan fingerprint density at radius 2 is 2.00 bits per heavy atom. The van der Waals surface area contributed by atoms with Gasteiger partial charge in [0, 0.05) is 26.4 Å². The maximum absolute atomic E-state index is 5.77. The van der Waals surface area contributed by atoms with Crippen molar-refractivity contribution in [2.45, 2.75) is 32.8 Å². The molecular formula is C14H23N3O2. The highest BCUT2D eigenvalue weighted by Gasteiger charge is 2.22. The Morgan fingerprint density at radius 3 is 2.68 bits per heavy atom. The number of nitrogens with zero attached hydrogens (tertiary/aromatic N) is 3. The van der Waals surface area contributed by atoms with Gasteiger partial charge in [-0.2, -0.15) is 0 Å². The largest absolute Gasteiger partial charge is 0.382 e. The van der Waals surface area contributed by atoms with Crippen LogP contribution in [-0.2, 0) is 9.47 Å². The van der Waals surface area contributed by atoms with Crippen molar-refractivity contribution in [3.8, 4) is 0 Å². The zero-order valence-electron chi connectivity index (χ0n) is 12.1. The number of ether oxygens (including phenoxy) is 2. The molecule has 0 aromatic carbocycles. The van der Waals surface area contributed by atoms with Gasteiger partial charge in [0.1, 0.15) is 5.82 Å². The molecule has 5 heteroatoms. The summed E-state index contributed by atoms with van der Waals surface area (Å²) in [6, 6.07) is 0. The van der Waals surface area contributed by atoms with Crippen LogP contribution in [0.1, 0.15) is 24.2 Å². The predicted octanol–water partition coefficient (Wildman–Crippen LogP) is 1.73. The molecule has 0 spiro atoms. The lowest BCUT2D eigenvalue weighted by Gasteiger charge is -2.33. The fourth-order valence-electron chi connectivity index (χ4n) is 2.36. The highest BCUT2D eigenvalue weighted by atomic mass is 16.5. The molecule has 2 heterocycles. The van der Waals surface area contributed by atoms with Gasteiger partial charge in [0.15, 0.2) is 0 Å². The van der Waals surface area contributed by atoms with Gasteiger partial charge in [0.25, 0.3) is 0 Å². The monoisotopic (exact) mass is 265 g/mol. The van der Waals surface area contributed by atoms with E-state index in [1.54, 1.807) is 7.11 Å². The summed E-state index contributed by atoms with van der Waals surface area (Å²) < 4.78 is 10.8. The normalized spacial score (nSPS) is 16.9. The number of piperidine rings is 1. The number of hydrogen-bond donors (Lipinski definition) is 0. The number of methoxy groups -OCH3 is 1. The smallest absolute Gasteiger partial charge is 0.150 e. The molecular weight excluding hydrogens is 242 g/mol. The van der Waals surface area contributed by atoms with Gasteiger partial charge < -0.3 is 14.4 Å². The summed E-state index contributed by atoms with van der Waals surface area (Å²) in [6.45, 7) is 7.32. The van der Waals surface area contributed by atoms with Gasteiger partial charge in [-0.25, -0.2) is 4.98 Å². The molecule has 0 saturated carbocycles. The maximum atomic E-state index is 5.77. The Morgan fingerprint density at radius 1 is 1.26 bits per heavy atom. The summed E-state index contributed by atoms with van der Waals surface area (Å²) >= 11 is 0. The fourth-order valence-corrected chi connectivity index (χ4v) is 2.36. The number of anilines is 1. The highest BCUT2D eigenvalue weighted by molar-refractivity contribution is 5.43. The van der Waals surface area contributed by atoms with E-state index >= 15 is 0 Å². The van der Waals surface area contributed by atoms with Crippen LogP contribution in [0.2, 0.25) is 0 Å². The van der Waals surface area contributed by atoms with E-state index in [0.29, 0.717) is 19.3 Å². The lowest BCUT2D eigenvalue weighted by atomic mass is 10.1. The molecule has 1 fully saturated rings. The quantitative estimate of drug-likeness (QED) is 0.759. The van der Waals surface area contributed by atoms with E-state index < -0.39 is 0 Å². The van der Waals surface area contributed by atoms with Crippen molar-refractivity contribution in [3.05, 3.63) is 17.6 Å². The van der Waals surface area contributed by atoms with Crippen LogP contribution in [-0.4, -0.2) is 49.5 Å². The van der Waals surface area contributed by atoms with Crippen molar-refractivity contribution >= 4 is 5.82 Å². The molecule has 0 N–H and O–H groups in total. The lowest BCUT2D eigenvalue weighted by molar-refractivity contribution is 0.00603. The van der Waals surface area contributed by atoms with Crippen LogP contribution in [0, 0.1) is 13.8 Å². The van der Waals surface area contributed by atoms with Crippen molar-refractivity contribution in [2.75, 3.05) is 38.3 Å². The third kappa shape index (κ3) is 3.88. The average Bonchev–Trinajstić information content (AvgIpc) is 2.43. The summed E-state index contributed by atoms with van der Waals surface area (Å²) in [5.41, 5.74) is 1.98. The number of aromatic nitrogens is 2. The Kier molecular flexibility index (Phi) is 5.10. The zero-order chi connectivity index (χ0) is 13.7. The standard InChI is InChI=1S/C14H23N3O2/c1-11-10-15-12(2)14(16-11)17-6-4-13(5-7-17)19-9-8-18-3/h10,13H,4-9H2,1-3H3. The molecule has 0 unspecified atom stereocenters. The number of rotatable bonds is 5. The molecule has 1 aliphatic rings. The van der Waals surface area contributed by atoms with Crippen LogP contribution in [0.5, 0.6) is 0 Å². The first kappa shape index (κ1) is 14.2. The van der Waals surface area contributed by atoms with Crippen LogP contribution in [0.4, 0.5) is 5.82 Å². The molecule has 5 nitrogen and oxygen atoms in total. The summed E-state index contributed by atoms with van der Waals surface area (Å²) in [5, 5.41) is 0. The third-order valence-corrected chi connectivity index (χ3v) is 3.43. The van der Waals surface area contributed by atoms with E-state index in [1.165, 1.54) is 0 Å². The molecule has 0 atom stereocenters. The zero-order valence-corrected chi connectivity index (χ0v) is 12.1. The van der Waals surface area contributed by atoms with Crippen molar-refractivity contribution in [3.63, 3.8) is 0 Å². The summed E-state index contributed by atoms with van der Waals surface area (Å²) in [6.07, 6.45) is 4.25. The second kappa shape index (κ2) is 6.82. The van der Waals surface area contributed by atoms with Crippen molar-refractivity contribution < 1.29 is 9.47 Å². The lowest BCUT2D eigenvalue weighted by Crippen LogP contribution is -2.38. The number of aryl methyl sites for hydroxylation is 2. The Labute approximate surface area is 115 Å². The molecule has 0 bridgehead atoms. The topological polar surface area (TPSA) is 47.5 Å². The van der Waals surface area contributed by atoms with Gasteiger partial charge in [0.05, 0.1) is 30.7 Å². The van der Waals surface area contributed by atoms with Crippen molar-refractivity contribution in [1.82, 2.24) is 9.97 Å². The first-order valence-corrected chi connectivity index (χ1v) is 6.86. The van der Waals surface area contributed by atoms with Crippen LogP contribution in [0.25, 0.3) is 0 Å². The second-order valence-corrected chi connectivity index (χ2v) is 4.97. The Hall–Kier alpha value is -1.20. The van der Waals surface area contributed by atoms with E-state index in [9.17, 15) is 0 Å². The third-order valence-electron chi connectivity index (χ3n) is 3.43. The summed E-state index contributed by atoms with van der Waals surface area (Å²) in [4.78, 5) is 11.3. The van der Waals surface area contributed by atoms with Gasteiger partial charge in [-0.05, 0) is 26.7 Å². The van der Waals surface area contributed by atoms with Gasteiger partial charge in [0.2, 0.25) is 0 Å². The molecule has 1 aromatic heterocycles. The molecule has 0 aliphatic carbocycles. The first-order chi connectivity index (χ1) is 9.20. The van der Waals surface area contributed by atoms with E-state index in [1.807, 2.05) is 20.0 Å². The molecule has 2 rings (SSSR count). The molecule has 0 radical (unpaired) electrons. The Balaban J connectivity index is 1.87. The predicted molar refractivity (Wildman–Crippen MR) is 74.6 cm³/mol. The van der Waals surface area contributed by atoms with Gasteiger partial charge >= 0.3 is 0 Å². The van der Waals surface area contributed by atoms with Crippen LogP contribution < -0.4 is 4.90 Å². The number of hydrogen-bond acceptors (Lipinski definition) is 5. The van der Waals surface area contributed by atoms with E-state index in [4.69, 9.17) is 9.47 Å². The second-order valence-electron chi connectivity index (χ2n) is 4.97. The van der Waals surface area contributed by atoms with Crippen molar-refractivity contribution in [1.29, 1.82) is 0 Å². The van der Waals surface area contributed by atoms with E-state index in [-0.39, 0.29) is 0 Å². The van der Waals surface area contributed by atoms with E-state index in [0.717, 1.165) is 43.1 Å². The SMILES string of the molecule is COCCOC1CCN(c2nc(C)cnc2C)CC1. The van der Waals surface area contributed by atoms with Gasteiger partial charge in [-0.15, -0.1) is 0 Å². The summed E-state index contributed by atoms with van der Waals surface area (Å²) in [5.74, 6) is 1.02. The highest BCUT2D eigenvalue weighted by Crippen LogP contribution is 2.21. The van der Waals surface area contributed by atoms with Crippen LogP contribution >= 0.6 is 0 Å². The first-order valence-electron chi connectivity index (χ1n) is 6.86. The molecule has 19 heavy (non-hydrogen) atoms. The minimum Gasteiger partial charge on any atom is -0.382 e. The van der Waals surface area contributed by atoms with Gasteiger partial charge in [-0.1, -0.05) is 0 Å². The van der Waals surface area contributed by atoms with Crippen LogP contribution in [0.3, 0.4) is 0 Å². The fraction of sp³-hybridized carbons (Fsp3) is 0.714. The molecule has 1 aliphatic heterocycles. The van der Waals surface area contributed by atoms with Crippen LogP contribution in [0.15, 0.2) is 6.20 Å². The molecule has 106 valence electrons. The minimum absolute atomic E-state index is 0.351. The van der Waals surface area contributed by atoms with Crippen molar-refractivity contribution in [2.24, 2.45) is 0 Å². The maximum Gasteiger partial charge on any atom is 0.150 e. The molecule has 1 aromatic rings. The molecule has 0 amide bonds. The van der Waals surface area contributed by atoms with Gasteiger partial charge in [-0.3, -0.25) is 4.98 Å². The minimum atomic E-state index is 0.351. The average molecular weight is 265 g/mol. The molecule has 1 saturated heterocycles. The summed E-state index contributed by atoms with van der Waals surface area (Å²) in [7, 11) is 1.70. The Bertz CT molecular complexity index is 404.